The van der Waals surface area contributed by atoms with Crippen LogP contribution < -0.4 is 10.1 Å². The number of piperazine rings is 1. The van der Waals surface area contributed by atoms with Crippen LogP contribution in [0.5, 0.6) is 5.75 Å². The highest BCUT2D eigenvalue weighted by Crippen LogP contribution is 2.16. The van der Waals surface area contributed by atoms with Crippen molar-refractivity contribution in [3.63, 3.8) is 0 Å². The topological polar surface area (TPSA) is 61.9 Å². The van der Waals surface area contributed by atoms with E-state index >= 15 is 0 Å². The minimum Gasteiger partial charge on any atom is -0.497 e. The minimum atomic E-state index is -0.141. The smallest absolute Gasteiger partial charge is 0.317 e. The predicted octanol–water partition coefficient (Wildman–Crippen LogP) is 2.49. The van der Waals surface area contributed by atoms with Crippen molar-refractivity contribution in [2.45, 2.75) is 33.2 Å². The molecule has 0 aromatic heterocycles. The average molecular weight is 347 g/mol. The highest BCUT2D eigenvalue weighted by atomic mass is 16.5. The molecular weight excluding hydrogens is 318 g/mol. The summed E-state index contributed by atoms with van der Waals surface area (Å²) in [6, 6.07) is 7.56. The third-order valence-corrected chi connectivity index (χ3v) is 4.72. The molecule has 1 aromatic carbocycles. The summed E-state index contributed by atoms with van der Waals surface area (Å²) in [5.74, 6) is 1.36. The van der Waals surface area contributed by atoms with E-state index in [2.05, 4.69) is 19.2 Å². The number of nitrogens with zero attached hydrogens (tertiary/aromatic N) is 2. The van der Waals surface area contributed by atoms with Gasteiger partial charge in [0, 0.05) is 26.2 Å². The van der Waals surface area contributed by atoms with Crippen LogP contribution in [0.25, 0.3) is 0 Å². The second kappa shape index (κ2) is 9.30. The molecule has 0 saturated carbocycles. The number of rotatable bonds is 7. The second-order valence-corrected chi connectivity index (χ2v) is 6.62. The van der Waals surface area contributed by atoms with E-state index in [-0.39, 0.29) is 18.5 Å². The Morgan fingerprint density at radius 1 is 1.36 bits per heavy atom. The van der Waals surface area contributed by atoms with Gasteiger partial charge in [0.15, 0.2) is 0 Å². The lowest BCUT2D eigenvalue weighted by Gasteiger charge is -2.34. The molecular formula is C19H29N3O3. The van der Waals surface area contributed by atoms with Crippen LogP contribution in [-0.4, -0.2) is 55.0 Å². The quantitative estimate of drug-likeness (QED) is 0.824. The lowest BCUT2D eigenvalue weighted by Crippen LogP contribution is -2.54. The lowest BCUT2D eigenvalue weighted by atomic mass is 10.1. The van der Waals surface area contributed by atoms with Gasteiger partial charge in [0.2, 0.25) is 5.91 Å². The van der Waals surface area contributed by atoms with Gasteiger partial charge in [-0.1, -0.05) is 32.4 Å². The van der Waals surface area contributed by atoms with E-state index in [1.54, 1.807) is 16.9 Å². The largest absolute Gasteiger partial charge is 0.497 e. The van der Waals surface area contributed by atoms with E-state index in [1.165, 1.54) is 0 Å². The summed E-state index contributed by atoms with van der Waals surface area (Å²) in [6.07, 6.45) is 2.07. The van der Waals surface area contributed by atoms with Crippen LogP contribution in [0.1, 0.15) is 32.3 Å². The number of nitrogens with one attached hydrogen (secondary N) is 1. The van der Waals surface area contributed by atoms with Crippen LogP contribution in [0, 0.1) is 5.92 Å². The van der Waals surface area contributed by atoms with Crippen molar-refractivity contribution in [3.05, 3.63) is 29.8 Å². The first-order chi connectivity index (χ1) is 12.0. The van der Waals surface area contributed by atoms with E-state index in [0.29, 0.717) is 32.1 Å². The van der Waals surface area contributed by atoms with Crippen molar-refractivity contribution in [3.8, 4) is 5.75 Å². The molecule has 1 aliphatic heterocycles. The summed E-state index contributed by atoms with van der Waals surface area (Å²) >= 11 is 0. The molecule has 1 heterocycles. The van der Waals surface area contributed by atoms with Crippen molar-refractivity contribution in [1.29, 1.82) is 0 Å². The average Bonchev–Trinajstić information content (AvgIpc) is 2.63. The maximum Gasteiger partial charge on any atom is 0.317 e. The molecule has 25 heavy (non-hydrogen) atoms. The molecule has 0 unspecified atom stereocenters. The zero-order chi connectivity index (χ0) is 18.2. The molecule has 1 atom stereocenters. The van der Waals surface area contributed by atoms with Crippen molar-refractivity contribution >= 4 is 11.9 Å². The van der Waals surface area contributed by atoms with Gasteiger partial charge < -0.3 is 19.9 Å². The summed E-state index contributed by atoms with van der Waals surface area (Å²) in [4.78, 5) is 27.9. The molecule has 0 bridgehead atoms. The van der Waals surface area contributed by atoms with Crippen LogP contribution in [0.3, 0.4) is 0 Å². The standard InChI is InChI=1S/C19H29N3O3/c1-4-15(2)8-9-20-19(24)22-11-10-21(18(23)14-22)13-16-6-5-7-17(12-16)25-3/h5-7,12,15H,4,8-11,13-14H2,1-3H3,(H,20,24)/t15-/m1/s1. The molecule has 2 rings (SSSR count). The Balaban J connectivity index is 1.81. The number of ether oxygens (including phenoxy) is 1. The van der Waals surface area contributed by atoms with Gasteiger partial charge in [-0.3, -0.25) is 4.79 Å². The van der Waals surface area contributed by atoms with Gasteiger partial charge >= 0.3 is 6.03 Å². The maximum atomic E-state index is 12.4. The number of amides is 3. The van der Waals surface area contributed by atoms with Gasteiger partial charge in [-0.15, -0.1) is 0 Å². The number of benzene rings is 1. The molecule has 0 spiro atoms. The normalized spacial score (nSPS) is 15.9. The molecule has 1 aromatic rings. The van der Waals surface area contributed by atoms with Crippen molar-refractivity contribution in [2.24, 2.45) is 5.92 Å². The third-order valence-electron chi connectivity index (χ3n) is 4.72. The number of hydrogen-bond acceptors (Lipinski definition) is 3. The van der Waals surface area contributed by atoms with Crippen LogP contribution in [0.4, 0.5) is 4.79 Å². The summed E-state index contributed by atoms with van der Waals surface area (Å²) < 4.78 is 5.22. The van der Waals surface area contributed by atoms with E-state index in [0.717, 1.165) is 24.2 Å². The summed E-state index contributed by atoms with van der Waals surface area (Å²) in [5, 5.41) is 2.92. The Morgan fingerprint density at radius 2 is 2.16 bits per heavy atom. The fourth-order valence-electron chi connectivity index (χ4n) is 2.78. The third kappa shape index (κ3) is 5.66. The fraction of sp³-hybridized carbons (Fsp3) is 0.579. The predicted molar refractivity (Wildman–Crippen MR) is 97.5 cm³/mol. The van der Waals surface area contributed by atoms with Crippen LogP contribution in [0.15, 0.2) is 24.3 Å². The minimum absolute atomic E-state index is 0.0221. The zero-order valence-electron chi connectivity index (χ0n) is 15.5. The number of carbonyl (C=O) groups is 2. The van der Waals surface area contributed by atoms with Crippen LogP contribution in [0.2, 0.25) is 0 Å². The zero-order valence-corrected chi connectivity index (χ0v) is 15.5. The number of urea groups is 1. The molecule has 138 valence electrons. The highest BCUT2D eigenvalue weighted by Gasteiger charge is 2.27. The van der Waals surface area contributed by atoms with Gasteiger partial charge in [0.1, 0.15) is 12.3 Å². The molecule has 0 radical (unpaired) electrons. The first-order valence-corrected chi connectivity index (χ1v) is 8.97. The van der Waals surface area contributed by atoms with Gasteiger partial charge in [0.05, 0.1) is 7.11 Å². The molecule has 1 N–H and O–H groups in total. The fourth-order valence-corrected chi connectivity index (χ4v) is 2.78. The number of carbonyl (C=O) groups excluding carboxylic acids is 2. The number of hydrogen-bond donors (Lipinski definition) is 1. The Kier molecular flexibility index (Phi) is 7.10. The first kappa shape index (κ1) is 19.1. The Morgan fingerprint density at radius 3 is 2.84 bits per heavy atom. The summed E-state index contributed by atoms with van der Waals surface area (Å²) in [5.41, 5.74) is 1.03. The SMILES string of the molecule is CC[C@@H](C)CCNC(=O)N1CCN(Cc2cccc(OC)c2)C(=O)C1. The monoisotopic (exact) mass is 347 g/mol. The molecule has 6 heteroatoms. The van der Waals surface area contributed by atoms with E-state index in [9.17, 15) is 9.59 Å². The van der Waals surface area contributed by atoms with Gasteiger partial charge in [-0.05, 0) is 30.0 Å². The second-order valence-electron chi connectivity index (χ2n) is 6.62. The Hall–Kier alpha value is -2.24. The highest BCUT2D eigenvalue weighted by molar-refractivity contribution is 5.85. The molecule has 3 amide bonds. The first-order valence-electron chi connectivity index (χ1n) is 8.97. The van der Waals surface area contributed by atoms with Crippen LogP contribution >= 0.6 is 0 Å². The van der Waals surface area contributed by atoms with Crippen molar-refractivity contribution in [2.75, 3.05) is 33.3 Å². The van der Waals surface area contributed by atoms with Crippen LogP contribution in [-0.2, 0) is 11.3 Å². The van der Waals surface area contributed by atoms with Crippen molar-refractivity contribution in [1.82, 2.24) is 15.1 Å². The molecule has 0 aliphatic carbocycles. The Labute approximate surface area is 150 Å². The van der Waals surface area contributed by atoms with E-state index in [4.69, 9.17) is 4.74 Å². The summed E-state index contributed by atoms with van der Waals surface area (Å²) in [7, 11) is 1.63. The molecule has 1 saturated heterocycles. The number of methoxy groups -OCH3 is 1. The molecule has 6 nitrogen and oxygen atoms in total. The Bertz CT molecular complexity index is 591. The maximum absolute atomic E-state index is 12.4. The van der Waals surface area contributed by atoms with Crippen molar-refractivity contribution < 1.29 is 14.3 Å². The molecule has 1 aliphatic rings. The van der Waals surface area contributed by atoms with Gasteiger partial charge in [-0.2, -0.15) is 0 Å². The lowest BCUT2D eigenvalue weighted by molar-refractivity contribution is -0.135. The van der Waals surface area contributed by atoms with Gasteiger partial charge in [0.25, 0.3) is 0 Å². The van der Waals surface area contributed by atoms with E-state index < -0.39 is 0 Å². The summed E-state index contributed by atoms with van der Waals surface area (Å²) in [6.45, 7) is 6.77. The van der Waals surface area contributed by atoms with E-state index in [1.807, 2.05) is 24.3 Å². The van der Waals surface area contributed by atoms with Gasteiger partial charge in [-0.25, -0.2) is 4.79 Å². The molecule has 1 fully saturated rings.